The van der Waals surface area contributed by atoms with Gasteiger partial charge in [-0.25, -0.2) is 4.98 Å². The maximum absolute atomic E-state index is 11.0. The second kappa shape index (κ2) is 5.45. The van der Waals surface area contributed by atoms with Crippen LogP contribution in [0.25, 0.3) is 0 Å². The first-order valence-corrected chi connectivity index (χ1v) is 5.82. The summed E-state index contributed by atoms with van der Waals surface area (Å²) >= 11 is 1.73. The van der Waals surface area contributed by atoms with Crippen LogP contribution in [0.2, 0.25) is 0 Å². The number of thioether (sulfide) groups is 1. The third-order valence-electron chi connectivity index (χ3n) is 1.81. The molecule has 0 spiro atoms. The number of nitrogens with one attached hydrogen (secondary N) is 1. The summed E-state index contributed by atoms with van der Waals surface area (Å²) in [4.78, 5) is 15.0. The third-order valence-corrected chi connectivity index (χ3v) is 2.42. The summed E-state index contributed by atoms with van der Waals surface area (Å²) in [5.41, 5.74) is 11.3. The summed E-state index contributed by atoms with van der Waals surface area (Å²) in [7, 11) is 0. The molecule has 0 aromatic carbocycles. The molecule has 0 aliphatic heterocycles. The van der Waals surface area contributed by atoms with Crippen LogP contribution in [0.3, 0.4) is 0 Å². The summed E-state index contributed by atoms with van der Waals surface area (Å²) in [6.07, 6.45) is 3.45. The van der Waals surface area contributed by atoms with Crippen molar-refractivity contribution >= 4 is 29.2 Å². The van der Waals surface area contributed by atoms with Crippen LogP contribution < -0.4 is 16.8 Å². The number of nitrogen functional groups attached to an aromatic ring is 1. The highest BCUT2D eigenvalue weighted by atomic mass is 32.2. The van der Waals surface area contributed by atoms with E-state index in [1.165, 1.54) is 6.20 Å². The number of anilines is 2. The summed E-state index contributed by atoms with van der Waals surface area (Å²) in [5.74, 6) is 1.05. The van der Waals surface area contributed by atoms with Gasteiger partial charge in [-0.05, 0) is 12.3 Å². The molecule has 5 nitrogen and oxygen atoms in total. The lowest BCUT2D eigenvalue weighted by atomic mass is 10.2. The van der Waals surface area contributed by atoms with Gasteiger partial charge in [-0.2, -0.15) is 11.8 Å². The molecule has 1 aromatic rings. The molecular weight excluding hydrogens is 212 g/mol. The van der Waals surface area contributed by atoms with Gasteiger partial charge >= 0.3 is 0 Å². The fourth-order valence-electron chi connectivity index (χ4n) is 1.06. The summed E-state index contributed by atoms with van der Waals surface area (Å²) in [5, 5.41) is 3.07. The molecule has 6 heteroatoms. The van der Waals surface area contributed by atoms with Gasteiger partial charge in [0.1, 0.15) is 5.82 Å². The summed E-state index contributed by atoms with van der Waals surface area (Å²) in [6.45, 7) is 0.788. The third kappa shape index (κ3) is 3.32. The zero-order chi connectivity index (χ0) is 11.3. The average molecular weight is 226 g/mol. The van der Waals surface area contributed by atoms with E-state index in [9.17, 15) is 4.79 Å². The lowest BCUT2D eigenvalue weighted by Gasteiger charge is -2.06. The van der Waals surface area contributed by atoms with Crippen LogP contribution in [-0.4, -0.2) is 29.4 Å². The van der Waals surface area contributed by atoms with Gasteiger partial charge in [-0.15, -0.1) is 0 Å². The molecule has 0 bridgehead atoms. The Morgan fingerprint density at radius 2 is 2.40 bits per heavy atom. The quantitative estimate of drug-likeness (QED) is 0.637. The zero-order valence-corrected chi connectivity index (χ0v) is 9.30. The number of hydrogen-bond donors (Lipinski definition) is 3. The van der Waals surface area contributed by atoms with Crippen LogP contribution in [0.1, 0.15) is 10.4 Å². The van der Waals surface area contributed by atoms with Crippen LogP contribution in [0.4, 0.5) is 11.5 Å². The van der Waals surface area contributed by atoms with Crippen molar-refractivity contribution in [2.24, 2.45) is 5.73 Å². The normalized spacial score (nSPS) is 9.93. The van der Waals surface area contributed by atoms with Crippen molar-refractivity contribution in [3.05, 3.63) is 17.8 Å². The molecule has 1 heterocycles. The maximum Gasteiger partial charge on any atom is 0.250 e. The van der Waals surface area contributed by atoms with Crippen molar-refractivity contribution in [1.82, 2.24) is 4.98 Å². The van der Waals surface area contributed by atoms with Crippen molar-refractivity contribution < 1.29 is 4.79 Å². The summed E-state index contributed by atoms with van der Waals surface area (Å²) < 4.78 is 0. The van der Waals surface area contributed by atoms with Gasteiger partial charge in [-0.1, -0.05) is 0 Å². The highest BCUT2D eigenvalue weighted by Gasteiger charge is 2.07. The van der Waals surface area contributed by atoms with E-state index in [0.29, 0.717) is 17.1 Å². The Hall–Kier alpha value is -1.43. The van der Waals surface area contributed by atoms with Crippen molar-refractivity contribution in [3.8, 4) is 0 Å². The molecule has 0 saturated heterocycles. The number of hydrogen-bond acceptors (Lipinski definition) is 5. The Kier molecular flexibility index (Phi) is 4.23. The van der Waals surface area contributed by atoms with E-state index in [4.69, 9.17) is 11.5 Å². The molecule has 0 aliphatic carbocycles. The number of pyridine rings is 1. The molecule has 1 amide bonds. The van der Waals surface area contributed by atoms with Gasteiger partial charge in [0.2, 0.25) is 0 Å². The molecule has 15 heavy (non-hydrogen) atoms. The Morgan fingerprint density at radius 1 is 1.67 bits per heavy atom. The number of rotatable bonds is 5. The number of primary amides is 1. The molecule has 0 unspecified atom stereocenters. The molecule has 0 saturated carbocycles. The van der Waals surface area contributed by atoms with E-state index >= 15 is 0 Å². The molecule has 1 aromatic heterocycles. The number of amides is 1. The molecule has 0 atom stereocenters. The smallest absolute Gasteiger partial charge is 0.250 e. The molecule has 0 fully saturated rings. The van der Waals surface area contributed by atoms with Crippen LogP contribution in [0.5, 0.6) is 0 Å². The Morgan fingerprint density at radius 3 is 3.00 bits per heavy atom. The minimum atomic E-state index is -0.539. The van der Waals surface area contributed by atoms with Crippen molar-refractivity contribution in [2.75, 3.05) is 29.6 Å². The molecule has 82 valence electrons. The van der Waals surface area contributed by atoms with Gasteiger partial charge < -0.3 is 16.8 Å². The first-order chi connectivity index (χ1) is 7.15. The first-order valence-electron chi connectivity index (χ1n) is 4.43. The monoisotopic (exact) mass is 226 g/mol. The van der Waals surface area contributed by atoms with E-state index in [2.05, 4.69) is 10.3 Å². The average Bonchev–Trinajstić information content (AvgIpc) is 2.20. The number of carbonyl (C=O) groups excluding carboxylic acids is 1. The van der Waals surface area contributed by atoms with Gasteiger partial charge in [0, 0.05) is 12.3 Å². The van der Waals surface area contributed by atoms with E-state index in [-0.39, 0.29) is 0 Å². The zero-order valence-electron chi connectivity index (χ0n) is 8.49. The topological polar surface area (TPSA) is 94.0 Å². The molecule has 0 radical (unpaired) electrons. The fourth-order valence-corrected chi connectivity index (χ4v) is 1.36. The van der Waals surface area contributed by atoms with Gasteiger partial charge in [-0.3, -0.25) is 4.79 Å². The van der Waals surface area contributed by atoms with Crippen LogP contribution in [0, 0.1) is 0 Å². The van der Waals surface area contributed by atoms with Crippen LogP contribution in [0.15, 0.2) is 12.3 Å². The second-order valence-corrected chi connectivity index (χ2v) is 3.93. The summed E-state index contributed by atoms with van der Waals surface area (Å²) in [6, 6.07) is 1.57. The Balaban J connectivity index is 2.74. The largest absolute Gasteiger partial charge is 0.397 e. The number of carbonyl (C=O) groups is 1. The van der Waals surface area contributed by atoms with Gasteiger partial charge in [0.15, 0.2) is 0 Å². The molecule has 5 N–H and O–H groups in total. The highest BCUT2D eigenvalue weighted by molar-refractivity contribution is 7.98. The van der Waals surface area contributed by atoms with Crippen LogP contribution in [-0.2, 0) is 0 Å². The standard InChI is InChI=1S/C9H14N4OS/c1-15-3-2-12-8-4-6(9(11)14)7(10)5-13-8/h4-5H,2-3,10H2,1H3,(H2,11,14)(H,12,13). The molecular formula is C9H14N4OS. The highest BCUT2D eigenvalue weighted by Crippen LogP contribution is 2.13. The first kappa shape index (κ1) is 11.6. The van der Waals surface area contributed by atoms with Gasteiger partial charge in [0.05, 0.1) is 17.4 Å². The number of nitrogens with zero attached hydrogens (tertiary/aromatic N) is 1. The van der Waals surface area contributed by atoms with E-state index in [1.54, 1.807) is 17.8 Å². The van der Waals surface area contributed by atoms with Crippen molar-refractivity contribution in [3.63, 3.8) is 0 Å². The second-order valence-electron chi connectivity index (χ2n) is 2.94. The van der Waals surface area contributed by atoms with E-state index < -0.39 is 5.91 Å². The van der Waals surface area contributed by atoms with E-state index in [0.717, 1.165) is 12.3 Å². The number of aromatic nitrogens is 1. The van der Waals surface area contributed by atoms with Crippen molar-refractivity contribution in [1.29, 1.82) is 0 Å². The molecule has 1 rings (SSSR count). The Labute approximate surface area is 92.6 Å². The predicted molar refractivity (Wildman–Crippen MR) is 64.0 cm³/mol. The Bertz CT molecular complexity index is 356. The van der Waals surface area contributed by atoms with Gasteiger partial charge in [0.25, 0.3) is 5.91 Å². The fraction of sp³-hybridized carbons (Fsp3) is 0.333. The lowest BCUT2D eigenvalue weighted by molar-refractivity contribution is 0.100. The number of nitrogens with two attached hydrogens (primary N) is 2. The molecule has 0 aliphatic rings. The maximum atomic E-state index is 11.0. The van der Waals surface area contributed by atoms with Crippen LogP contribution >= 0.6 is 11.8 Å². The lowest BCUT2D eigenvalue weighted by Crippen LogP contribution is -2.15. The minimum absolute atomic E-state index is 0.302. The van der Waals surface area contributed by atoms with Crippen molar-refractivity contribution in [2.45, 2.75) is 0 Å². The minimum Gasteiger partial charge on any atom is -0.397 e. The SMILES string of the molecule is CSCCNc1cc(C(N)=O)c(N)cn1. The predicted octanol–water partition coefficient (Wildman–Crippen LogP) is 0.538. The van der Waals surface area contributed by atoms with E-state index in [1.807, 2.05) is 6.26 Å².